The smallest absolute Gasteiger partial charge is 0.309 e. The van der Waals surface area contributed by atoms with Crippen LogP contribution in [0.3, 0.4) is 0 Å². The molecule has 0 radical (unpaired) electrons. The van der Waals surface area contributed by atoms with Crippen molar-refractivity contribution in [2.45, 2.75) is 19.4 Å². The molecule has 2 aromatic rings. The minimum atomic E-state index is -0.112. The maximum Gasteiger partial charge on any atom is 0.309 e. The molecular weight excluding hydrogens is 288 g/mol. The van der Waals surface area contributed by atoms with Crippen LogP contribution in [0.25, 0.3) is 10.8 Å². The number of carbonyl (C=O) groups is 1. The number of likely N-dealkylation sites (tertiary alicyclic amines) is 1. The molecule has 5 nitrogen and oxygen atoms in total. The first-order valence-electron chi connectivity index (χ1n) is 7.04. The zero-order valence-corrected chi connectivity index (χ0v) is 12.8. The van der Waals surface area contributed by atoms with Gasteiger partial charge in [0.05, 0.1) is 23.6 Å². The topological polar surface area (TPSA) is 55.6 Å². The Bertz CT molecular complexity index is 594. The van der Waals surface area contributed by atoms with Crippen molar-refractivity contribution in [3.63, 3.8) is 0 Å². The van der Waals surface area contributed by atoms with Crippen LogP contribution in [0.2, 0.25) is 0 Å². The van der Waals surface area contributed by atoms with Gasteiger partial charge < -0.3 is 9.15 Å². The standard InChI is InChI=1S/C15H18N2O3S/c1-19-15(18)11-4-2-6-17(8-11)9-12-10-20-14(16-12)13-5-3-7-21-13/h3,5,7,10-11H,2,4,6,8-9H2,1H3. The molecule has 1 fully saturated rings. The van der Waals surface area contributed by atoms with Crippen molar-refractivity contribution < 1.29 is 13.9 Å². The number of hydrogen-bond acceptors (Lipinski definition) is 6. The van der Waals surface area contributed by atoms with Crippen LogP contribution in [0.15, 0.2) is 28.2 Å². The van der Waals surface area contributed by atoms with E-state index < -0.39 is 0 Å². The molecule has 1 unspecified atom stereocenters. The zero-order chi connectivity index (χ0) is 14.7. The second kappa shape index (κ2) is 6.41. The molecule has 21 heavy (non-hydrogen) atoms. The number of esters is 1. The Labute approximate surface area is 127 Å². The van der Waals surface area contributed by atoms with Gasteiger partial charge in [0.25, 0.3) is 0 Å². The van der Waals surface area contributed by atoms with E-state index in [9.17, 15) is 4.79 Å². The van der Waals surface area contributed by atoms with Gasteiger partial charge in [0, 0.05) is 13.1 Å². The molecule has 0 saturated carbocycles. The predicted octanol–water partition coefficient (Wildman–Crippen LogP) is 2.79. The molecule has 0 aromatic carbocycles. The summed E-state index contributed by atoms with van der Waals surface area (Å²) in [5, 5.41) is 2.00. The van der Waals surface area contributed by atoms with E-state index in [2.05, 4.69) is 9.88 Å². The van der Waals surface area contributed by atoms with Gasteiger partial charge >= 0.3 is 5.97 Å². The zero-order valence-electron chi connectivity index (χ0n) is 11.9. The van der Waals surface area contributed by atoms with Gasteiger partial charge in [-0.25, -0.2) is 4.98 Å². The van der Waals surface area contributed by atoms with E-state index in [1.54, 1.807) is 17.6 Å². The molecule has 1 aliphatic rings. The fraction of sp³-hybridized carbons (Fsp3) is 0.467. The summed E-state index contributed by atoms with van der Waals surface area (Å²) >= 11 is 1.61. The second-order valence-corrected chi connectivity index (χ2v) is 6.17. The SMILES string of the molecule is COC(=O)C1CCCN(Cc2coc(-c3cccs3)n2)C1. The molecule has 0 aliphatic carbocycles. The normalized spacial score (nSPS) is 19.6. The van der Waals surface area contributed by atoms with Crippen LogP contribution in [0.4, 0.5) is 0 Å². The summed E-state index contributed by atoms with van der Waals surface area (Å²) in [5.41, 5.74) is 0.906. The van der Waals surface area contributed by atoms with E-state index >= 15 is 0 Å². The number of rotatable bonds is 4. The number of piperidine rings is 1. The van der Waals surface area contributed by atoms with Crippen LogP contribution in [-0.2, 0) is 16.1 Å². The Hall–Kier alpha value is -1.66. The quantitative estimate of drug-likeness (QED) is 0.813. The summed E-state index contributed by atoms with van der Waals surface area (Å²) in [7, 11) is 1.45. The Morgan fingerprint density at radius 2 is 2.52 bits per heavy atom. The van der Waals surface area contributed by atoms with Gasteiger partial charge in [0.15, 0.2) is 0 Å². The molecule has 1 saturated heterocycles. The molecule has 0 N–H and O–H groups in total. The van der Waals surface area contributed by atoms with Crippen molar-refractivity contribution in [3.8, 4) is 10.8 Å². The van der Waals surface area contributed by atoms with Gasteiger partial charge in [-0.2, -0.15) is 0 Å². The van der Waals surface area contributed by atoms with Gasteiger partial charge in [0.1, 0.15) is 6.26 Å². The molecule has 1 aliphatic heterocycles. The number of aromatic nitrogens is 1. The highest BCUT2D eigenvalue weighted by Crippen LogP contribution is 2.25. The van der Waals surface area contributed by atoms with Crippen molar-refractivity contribution in [2.75, 3.05) is 20.2 Å². The third-order valence-corrected chi connectivity index (χ3v) is 4.57. The first-order chi connectivity index (χ1) is 10.3. The molecular formula is C15H18N2O3S. The highest BCUT2D eigenvalue weighted by molar-refractivity contribution is 7.13. The van der Waals surface area contributed by atoms with Gasteiger partial charge in [-0.15, -0.1) is 11.3 Å². The van der Waals surface area contributed by atoms with E-state index in [1.807, 2.05) is 17.5 Å². The number of methoxy groups -OCH3 is 1. The first kappa shape index (κ1) is 14.3. The molecule has 0 amide bonds. The van der Waals surface area contributed by atoms with Crippen LogP contribution in [0.5, 0.6) is 0 Å². The second-order valence-electron chi connectivity index (χ2n) is 5.22. The van der Waals surface area contributed by atoms with E-state index in [4.69, 9.17) is 9.15 Å². The van der Waals surface area contributed by atoms with Crippen molar-refractivity contribution in [1.82, 2.24) is 9.88 Å². The maximum atomic E-state index is 11.6. The average Bonchev–Trinajstić information content (AvgIpc) is 3.17. The third kappa shape index (κ3) is 3.33. The van der Waals surface area contributed by atoms with Crippen molar-refractivity contribution in [2.24, 2.45) is 5.92 Å². The van der Waals surface area contributed by atoms with E-state index in [-0.39, 0.29) is 11.9 Å². The van der Waals surface area contributed by atoms with Gasteiger partial charge in [0.2, 0.25) is 5.89 Å². The lowest BCUT2D eigenvalue weighted by atomic mass is 9.98. The minimum absolute atomic E-state index is 0.0209. The summed E-state index contributed by atoms with van der Waals surface area (Å²) in [5.74, 6) is 0.535. The van der Waals surface area contributed by atoms with E-state index in [0.29, 0.717) is 12.4 Å². The molecule has 6 heteroatoms. The molecule has 112 valence electrons. The Morgan fingerprint density at radius 3 is 3.29 bits per heavy atom. The van der Waals surface area contributed by atoms with Gasteiger partial charge in [-0.3, -0.25) is 9.69 Å². The highest BCUT2D eigenvalue weighted by atomic mass is 32.1. The molecule has 3 rings (SSSR count). The lowest BCUT2D eigenvalue weighted by Gasteiger charge is -2.30. The van der Waals surface area contributed by atoms with Crippen LogP contribution in [-0.4, -0.2) is 36.1 Å². The van der Waals surface area contributed by atoms with Gasteiger partial charge in [-0.05, 0) is 30.8 Å². The van der Waals surface area contributed by atoms with Crippen LogP contribution in [0, 0.1) is 5.92 Å². The Balaban J connectivity index is 1.62. The summed E-state index contributed by atoms with van der Waals surface area (Å²) in [6.45, 7) is 2.42. The average molecular weight is 306 g/mol. The predicted molar refractivity (Wildman–Crippen MR) is 79.8 cm³/mol. The minimum Gasteiger partial charge on any atom is -0.469 e. The number of oxazole rings is 1. The van der Waals surface area contributed by atoms with Crippen LogP contribution >= 0.6 is 11.3 Å². The summed E-state index contributed by atoms with van der Waals surface area (Å²) < 4.78 is 10.4. The monoisotopic (exact) mass is 306 g/mol. The van der Waals surface area contributed by atoms with Crippen molar-refractivity contribution >= 4 is 17.3 Å². The Kier molecular flexibility index (Phi) is 4.36. The third-order valence-electron chi connectivity index (χ3n) is 3.71. The van der Waals surface area contributed by atoms with Crippen LogP contribution < -0.4 is 0 Å². The fourth-order valence-electron chi connectivity index (χ4n) is 2.68. The lowest BCUT2D eigenvalue weighted by molar-refractivity contribution is -0.147. The number of carbonyl (C=O) groups excluding carboxylic acids is 1. The number of nitrogens with zero attached hydrogens (tertiary/aromatic N) is 2. The highest BCUT2D eigenvalue weighted by Gasteiger charge is 2.26. The number of thiophene rings is 1. The summed E-state index contributed by atoms with van der Waals surface area (Å²) in [6, 6.07) is 3.98. The Morgan fingerprint density at radius 1 is 1.62 bits per heavy atom. The van der Waals surface area contributed by atoms with E-state index in [1.165, 1.54) is 7.11 Å². The molecule has 3 heterocycles. The lowest BCUT2D eigenvalue weighted by Crippen LogP contribution is -2.38. The maximum absolute atomic E-state index is 11.6. The number of ether oxygens (including phenoxy) is 1. The van der Waals surface area contributed by atoms with Crippen molar-refractivity contribution in [3.05, 3.63) is 29.5 Å². The molecule has 1 atom stereocenters. The fourth-order valence-corrected chi connectivity index (χ4v) is 3.34. The molecule has 0 spiro atoms. The molecule has 0 bridgehead atoms. The largest absolute Gasteiger partial charge is 0.469 e. The van der Waals surface area contributed by atoms with Crippen LogP contribution in [0.1, 0.15) is 18.5 Å². The van der Waals surface area contributed by atoms with Gasteiger partial charge in [-0.1, -0.05) is 6.07 Å². The van der Waals surface area contributed by atoms with Crippen molar-refractivity contribution in [1.29, 1.82) is 0 Å². The summed E-state index contributed by atoms with van der Waals surface area (Å²) in [4.78, 5) is 19.4. The first-order valence-corrected chi connectivity index (χ1v) is 7.92. The molecule has 2 aromatic heterocycles. The summed E-state index contributed by atoms with van der Waals surface area (Å²) in [6.07, 6.45) is 3.62. The number of hydrogen-bond donors (Lipinski definition) is 0. The van der Waals surface area contributed by atoms with E-state index in [0.717, 1.165) is 36.5 Å².